The van der Waals surface area contributed by atoms with Crippen LogP contribution < -0.4 is 17.0 Å². The van der Waals surface area contributed by atoms with E-state index in [2.05, 4.69) is 129 Å². The van der Waals surface area contributed by atoms with Gasteiger partial charge >= 0.3 is 0 Å². The molecule has 4 rings (SSSR count). The van der Waals surface area contributed by atoms with Crippen molar-refractivity contribution >= 4 is 11.0 Å². The molecule has 0 aliphatic rings. The molecule has 0 bridgehead atoms. The molecular formula is C35H47ClN2O2. The number of benzene rings is 3. The Morgan fingerprint density at radius 3 is 1.57 bits per heavy atom. The van der Waals surface area contributed by atoms with E-state index in [0.717, 1.165) is 44.7 Å². The summed E-state index contributed by atoms with van der Waals surface area (Å²) in [5, 5.41) is 23.4. The number of aromatic hydroxyl groups is 2. The third-order valence-corrected chi connectivity index (χ3v) is 7.68. The minimum absolute atomic E-state index is 0. The zero-order valence-electron chi connectivity index (χ0n) is 26.4. The van der Waals surface area contributed by atoms with E-state index in [1.165, 1.54) is 0 Å². The highest BCUT2D eigenvalue weighted by Gasteiger charge is 2.32. The quantitative estimate of drug-likeness (QED) is 0.316. The van der Waals surface area contributed by atoms with E-state index in [0.29, 0.717) is 0 Å². The zero-order valence-corrected chi connectivity index (χ0v) is 27.1. The Hall–Kier alpha value is -2.98. The number of phenolic OH excluding ortho intramolecular Hbond substituents is 2. The number of phenols is 2. The number of aromatic nitrogens is 2. The van der Waals surface area contributed by atoms with Gasteiger partial charge in [-0.15, -0.1) is 0 Å². The normalized spacial score (nSPS) is 13.0. The average Bonchev–Trinajstić information content (AvgIpc) is 3.15. The van der Waals surface area contributed by atoms with E-state index in [9.17, 15) is 10.2 Å². The van der Waals surface area contributed by atoms with Crippen molar-refractivity contribution in [1.29, 1.82) is 0 Å². The Balaban J connectivity index is 0.00000441. The van der Waals surface area contributed by atoms with Crippen molar-refractivity contribution in [2.75, 3.05) is 0 Å². The molecule has 0 aliphatic heterocycles. The van der Waals surface area contributed by atoms with E-state index in [-0.39, 0.29) is 45.6 Å². The number of halogens is 1. The molecule has 0 fully saturated rings. The first kappa shape index (κ1) is 31.5. The molecule has 0 atom stereocenters. The van der Waals surface area contributed by atoms with Gasteiger partial charge in [0.05, 0.1) is 0 Å². The summed E-state index contributed by atoms with van der Waals surface area (Å²) in [5.74, 6) is 0.567. The SMILES string of the molecule is CC(C)(C)c1cc(-n2c[n+](-c3cc(C(C)(C)C)cc(C(C)(C)C)c3O)c3ccccc32)c(O)c(C(C)(C)C)c1.[Cl-]. The van der Waals surface area contributed by atoms with Crippen molar-refractivity contribution in [3.05, 3.63) is 77.1 Å². The van der Waals surface area contributed by atoms with Gasteiger partial charge in [0, 0.05) is 11.1 Å². The van der Waals surface area contributed by atoms with Crippen molar-refractivity contribution in [2.24, 2.45) is 0 Å². The van der Waals surface area contributed by atoms with Crippen molar-refractivity contribution < 1.29 is 27.2 Å². The van der Waals surface area contributed by atoms with Crippen LogP contribution in [0.25, 0.3) is 22.4 Å². The maximum atomic E-state index is 11.7. The van der Waals surface area contributed by atoms with Crippen LogP contribution in [0, 0.1) is 0 Å². The minimum Gasteiger partial charge on any atom is -1.00 e. The molecule has 1 heterocycles. The van der Waals surface area contributed by atoms with Crippen LogP contribution in [-0.4, -0.2) is 14.8 Å². The van der Waals surface area contributed by atoms with E-state index in [1.54, 1.807) is 0 Å². The molecule has 0 spiro atoms. The van der Waals surface area contributed by atoms with E-state index >= 15 is 0 Å². The fraction of sp³-hybridized carbons (Fsp3) is 0.457. The van der Waals surface area contributed by atoms with Gasteiger partial charge in [0.15, 0.2) is 33.9 Å². The third-order valence-electron chi connectivity index (χ3n) is 7.68. The molecule has 3 aromatic carbocycles. The number of para-hydroxylation sites is 2. The van der Waals surface area contributed by atoms with Crippen molar-refractivity contribution in [3.8, 4) is 22.9 Å². The molecule has 2 N–H and O–H groups in total. The molecule has 0 radical (unpaired) electrons. The Bertz CT molecular complexity index is 1440. The fourth-order valence-electron chi connectivity index (χ4n) is 5.11. The smallest absolute Gasteiger partial charge is 0.255 e. The monoisotopic (exact) mass is 562 g/mol. The second-order valence-corrected chi connectivity index (χ2v) is 15.1. The first-order valence-corrected chi connectivity index (χ1v) is 14.0. The first-order chi connectivity index (χ1) is 17.7. The average molecular weight is 563 g/mol. The Morgan fingerprint density at radius 2 is 1.07 bits per heavy atom. The molecule has 5 heteroatoms. The van der Waals surface area contributed by atoms with Crippen LogP contribution in [0.3, 0.4) is 0 Å². The summed E-state index contributed by atoms with van der Waals surface area (Å²) in [6, 6.07) is 16.7. The van der Waals surface area contributed by atoms with Crippen LogP contribution in [0.1, 0.15) is 105 Å². The van der Waals surface area contributed by atoms with Gasteiger partial charge in [0.2, 0.25) is 0 Å². The van der Waals surface area contributed by atoms with Crippen LogP contribution in [0.5, 0.6) is 11.5 Å². The van der Waals surface area contributed by atoms with Crippen LogP contribution in [0.2, 0.25) is 0 Å². The summed E-state index contributed by atoms with van der Waals surface area (Å²) >= 11 is 0. The maximum absolute atomic E-state index is 11.7. The lowest BCUT2D eigenvalue weighted by atomic mass is 9.79. The Labute approximate surface area is 247 Å². The van der Waals surface area contributed by atoms with Crippen LogP contribution in [0.4, 0.5) is 0 Å². The highest BCUT2D eigenvalue weighted by atomic mass is 35.5. The predicted molar refractivity (Wildman–Crippen MR) is 163 cm³/mol. The summed E-state index contributed by atoms with van der Waals surface area (Å²) in [6.07, 6.45) is 2.01. The number of hydrogen-bond donors (Lipinski definition) is 2. The number of rotatable bonds is 2. The Kier molecular flexibility index (Phi) is 7.99. The van der Waals surface area contributed by atoms with Gasteiger partial charge in [-0.2, -0.15) is 9.13 Å². The van der Waals surface area contributed by atoms with Crippen LogP contribution >= 0.6 is 0 Å². The van der Waals surface area contributed by atoms with Crippen LogP contribution in [0.15, 0.2) is 54.9 Å². The van der Waals surface area contributed by atoms with Gasteiger partial charge in [0.25, 0.3) is 6.33 Å². The number of nitrogens with zero attached hydrogens (tertiary/aromatic N) is 2. The van der Waals surface area contributed by atoms with Crippen LogP contribution in [-0.2, 0) is 21.7 Å². The van der Waals surface area contributed by atoms with Gasteiger partial charge in [-0.3, -0.25) is 0 Å². The summed E-state index contributed by atoms with van der Waals surface area (Å²) in [7, 11) is 0. The van der Waals surface area contributed by atoms with E-state index in [4.69, 9.17) is 0 Å². The molecule has 216 valence electrons. The molecule has 40 heavy (non-hydrogen) atoms. The standard InChI is InChI=1S/C35H46N2O2.ClH/c1-32(2,3)22-17-24(34(7,8)9)30(38)28(19-22)36-21-37(27-16-14-13-15-26(27)36)29-20-23(33(4,5)6)18-25(31(29)39)35(10,11)12;/h13-21H,1-12H3,(H-,38,39);1H. The highest BCUT2D eigenvalue weighted by molar-refractivity contribution is 5.76. The molecule has 0 saturated carbocycles. The third kappa shape index (κ3) is 5.74. The van der Waals surface area contributed by atoms with Gasteiger partial charge in [-0.25, -0.2) is 0 Å². The van der Waals surface area contributed by atoms with E-state index in [1.807, 2.05) is 18.5 Å². The number of imidazole rings is 1. The van der Waals surface area contributed by atoms with Gasteiger partial charge in [-0.05, 0) is 57.1 Å². The summed E-state index contributed by atoms with van der Waals surface area (Å²) in [6.45, 7) is 26.0. The number of hydrogen-bond acceptors (Lipinski definition) is 2. The van der Waals surface area contributed by atoms with Crippen molar-refractivity contribution in [1.82, 2.24) is 4.57 Å². The molecule has 0 amide bonds. The van der Waals surface area contributed by atoms with Gasteiger partial charge in [-0.1, -0.05) is 107 Å². The summed E-state index contributed by atoms with van der Waals surface area (Å²) in [5.41, 5.74) is 6.89. The molecule has 1 aromatic heterocycles. The maximum Gasteiger partial charge on any atom is 0.255 e. The molecular weight excluding hydrogens is 516 g/mol. The van der Waals surface area contributed by atoms with Crippen molar-refractivity contribution in [3.63, 3.8) is 0 Å². The highest BCUT2D eigenvalue weighted by Crippen LogP contribution is 2.41. The summed E-state index contributed by atoms with van der Waals surface area (Å²) in [4.78, 5) is 0. The lowest BCUT2D eigenvalue weighted by Gasteiger charge is -2.26. The minimum atomic E-state index is -0.236. The first-order valence-electron chi connectivity index (χ1n) is 14.0. The predicted octanol–water partition coefficient (Wildman–Crippen LogP) is 5.51. The molecule has 0 saturated heterocycles. The lowest BCUT2D eigenvalue weighted by Crippen LogP contribution is -3.00. The fourth-order valence-corrected chi connectivity index (χ4v) is 5.11. The zero-order chi connectivity index (χ0) is 29.3. The summed E-state index contributed by atoms with van der Waals surface area (Å²) < 4.78 is 4.13. The second kappa shape index (κ2) is 10.1. The lowest BCUT2D eigenvalue weighted by molar-refractivity contribution is -0.568. The molecule has 0 aliphatic carbocycles. The largest absolute Gasteiger partial charge is 1.00 e. The topological polar surface area (TPSA) is 49.3 Å². The van der Waals surface area contributed by atoms with Crippen molar-refractivity contribution in [2.45, 2.75) is 105 Å². The molecule has 4 aromatic rings. The van der Waals surface area contributed by atoms with Gasteiger partial charge in [0.1, 0.15) is 0 Å². The molecule has 4 nitrogen and oxygen atoms in total. The Morgan fingerprint density at radius 1 is 0.600 bits per heavy atom. The molecule has 0 unspecified atom stereocenters. The van der Waals surface area contributed by atoms with E-state index < -0.39 is 0 Å². The number of fused-ring (bicyclic) bond motifs is 1. The van der Waals surface area contributed by atoms with Gasteiger partial charge < -0.3 is 22.6 Å². The second-order valence-electron chi connectivity index (χ2n) is 15.1.